The second kappa shape index (κ2) is 8.46. The molecule has 8 nitrogen and oxygen atoms in total. The molecule has 0 aromatic carbocycles. The average Bonchev–Trinajstić information content (AvgIpc) is 3.17. The second-order valence-corrected chi connectivity index (χ2v) is 7.07. The average molecular weight is 405 g/mol. The molecule has 4 heterocycles. The minimum absolute atomic E-state index is 0.0933. The number of aromatic nitrogens is 5. The maximum atomic E-state index is 12.5. The maximum Gasteiger partial charge on any atom is 0.251 e. The highest BCUT2D eigenvalue weighted by molar-refractivity contribution is 5.81. The molecule has 8 heteroatoms. The van der Waals surface area contributed by atoms with Gasteiger partial charge in [0.15, 0.2) is 5.65 Å². The molecule has 0 amide bonds. The fourth-order valence-corrected chi connectivity index (χ4v) is 3.22. The second-order valence-electron chi connectivity index (χ2n) is 7.07. The van der Waals surface area contributed by atoms with Crippen LogP contribution in [-0.2, 0) is 11.3 Å². The Kier molecular flexibility index (Phi) is 5.58. The van der Waals surface area contributed by atoms with Crippen LogP contribution in [0.4, 0.5) is 0 Å². The van der Waals surface area contributed by atoms with E-state index in [1.807, 2.05) is 44.3 Å². The molecule has 30 heavy (non-hydrogen) atoms. The molecule has 0 spiro atoms. The van der Waals surface area contributed by atoms with Crippen LogP contribution in [0.15, 0.2) is 59.9 Å². The van der Waals surface area contributed by atoms with Gasteiger partial charge in [-0.25, -0.2) is 14.5 Å². The largest absolute Gasteiger partial charge is 0.481 e. The summed E-state index contributed by atoms with van der Waals surface area (Å²) in [5.74, 6) is 0.505. The predicted molar refractivity (Wildman–Crippen MR) is 114 cm³/mol. The molecule has 0 unspecified atom stereocenters. The minimum Gasteiger partial charge on any atom is -0.481 e. The van der Waals surface area contributed by atoms with Crippen molar-refractivity contribution < 1.29 is 9.47 Å². The number of nitrogens with zero attached hydrogens (tertiary/aromatic N) is 5. The molecule has 0 aliphatic heterocycles. The summed E-state index contributed by atoms with van der Waals surface area (Å²) >= 11 is 0. The van der Waals surface area contributed by atoms with Gasteiger partial charge in [0.05, 0.1) is 37.3 Å². The summed E-state index contributed by atoms with van der Waals surface area (Å²) in [6.07, 6.45) is 7.15. The molecule has 0 aliphatic rings. The summed E-state index contributed by atoms with van der Waals surface area (Å²) in [5.41, 5.74) is 3.61. The van der Waals surface area contributed by atoms with Crippen molar-refractivity contribution in [3.8, 4) is 28.3 Å². The van der Waals surface area contributed by atoms with E-state index in [0.29, 0.717) is 30.4 Å². The molecular formula is C22H23N5O3. The predicted octanol–water partition coefficient (Wildman–Crippen LogP) is 3.05. The Bertz CT molecular complexity index is 1230. The number of ether oxygens (including phenoxy) is 2. The van der Waals surface area contributed by atoms with Crippen molar-refractivity contribution in [3.63, 3.8) is 0 Å². The van der Waals surface area contributed by atoms with Crippen molar-refractivity contribution in [2.45, 2.75) is 26.5 Å². The smallest absolute Gasteiger partial charge is 0.251 e. The molecule has 154 valence electrons. The zero-order valence-electron chi connectivity index (χ0n) is 17.1. The standard InChI is InChI=1S/C22H23N5O3/c1-15(2)30-12-11-26-9-6-16(13-20(26)28)19-7-10-27-21(25-19)18(14-24-27)17-5-4-8-23-22(17)29-3/h4-10,13-15H,11-12H2,1-3H3. The van der Waals surface area contributed by atoms with Crippen LogP contribution in [0.2, 0.25) is 0 Å². The minimum atomic E-state index is -0.0933. The first-order valence-corrected chi connectivity index (χ1v) is 9.73. The van der Waals surface area contributed by atoms with E-state index in [1.54, 1.807) is 40.8 Å². The maximum absolute atomic E-state index is 12.5. The summed E-state index contributed by atoms with van der Waals surface area (Å²) < 4.78 is 14.2. The van der Waals surface area contributed by atoms with Gasteiger partial charge in [-0.05, 0) is 38.1 Å². The molecule has 0 saturated heterocycles. The van der Waals surface area contributed by atoms with Crippen molar-refractivity contribution in [2.24, 2.45) is 0 Å². The molecule has 0 atom stereocenters. The van der Waals surface area contributed by atoms with Crippen LogP contribution < -0.4 is 10.3 Å². The Morgan fingerprint density at radius 2 is 2.00 bits per heavy atom. The number of pyridine rings is 2. The van der Waals surface area contributed by atoms with Gasteiger partial charge in [0.2, 0.25) is 5.88 Å². The number of rotatable bonds is 7. The Labute approximate surface area is 173 Å². The van der Waals surface area contributed by atoms with Crippen molar-refractivity contribution in [3.05, 3.63) is 65.5 Å². The van der Waals surface area contributed by atoms with E-state index in [0.717, 1.165) is 16.7 Å². The Morgan fingerprint density at radius 1 is 1.13 bits per heavy atom. The van der Waals surface area contributed by atoms with Crippen LogP contribution >= 0.6 is 0 Å². The summed E-state index contributed by atoms with van der Waals surface area (Å²) in [7, 11) is 1.58. The number of methoxy groups -OCH3 is 1. The van der Waals surface area contributed by atoms with Crippen molar-refractivity contribution in [1.82, 2.24) is 24.1 Å². The molecule has 0 aliphatic carbocycles. The summed E-state index contributed by atoms with van der Waals surface area (Å²) in [4.78, 5) is 21.5. The van der Waals surface area contributed by atoms with E-state index in [4.69, 9.17) is 14.5 Å². The molecule has 0 radical (unpaired) electrons. The SMILES string of the molecule is COc1ncccc1-c1cnn2ccc(-c3ccn(CCOC(C)C)c(=O)c3)nc12. The lowest BCUT2D eigenvalue weighted by Gasteiger charge is -2.10. The van der Waals surface area contributed by atoms with Crippen LogP contribution in [0.3, 0.4) is 0 Å². The monoisotopic (exact) mass is 405 g/mol. The zero-order valence-corrected chi connectivity index (χ0v) is 17.1. The Balaban J connectivity index is 1.69. The zero-order chi connectivity index (χ0) is 21.1. The third kappa shape index (κ3) is 3.95. The number of fused-ring (bicyclic) bond motifs is 1. The highest BCUT2D eigenvalue weighted by atomic mass is 16.5. The third-order valence-electron chi connectivity index (χ3n) is 4.70. The van der Waals surface area contributed by atoms with Gasteiger partial charge in [0.25, 0.3) is 5.56 Å². The lowest BCUT2D eigenvalue weighted by Crippen LogP contribution is -2.22. The van der Waals surface area contributed by atoms with Gasteiger partial charge in [-0.1, -0.05) is 0 Å². The van der Waals surface area contributed by atoms with Gasteiger partial charge >= 0.3 is 0 Å². The van der Waals surface area contributed by atoms with E-state index in [1.165, 1.54) is 0 Å². The van der Waals surface area contributed by atoms with E-state index < -0.39 is 0 Å². The summed E-state index contributed by atoms with van der Waals surface area (Å²) in [6, 6.07) is 9.07. The third-order valence-corrected chi connectivity index (χ3v) is 4.70. The van der Waals surface area contributed by atoms with Crippen molar-refractivity contribution >= 4 is 5.65 Å². The van der Waals surface area contributed by atoms with Crippen LogP contribution in [0.5, 0.6) is 5.88 Å². The first-order valence-electron chi connectivity index (χ1n) is 9.73. The topological polar surface area (TPSA) is 83.5 Å². The fourth-order valence-electron chi connectivity index (χ4n) is 3.22. The first kappa shape index (κ1) is 19.8. The van der Waals surface area contributed by atoms with Gasteiger partial charge < -0.3 is 14.0 Å². The highest BCUT2D eigenvalue weighted by Crippen LogP contribution is 2.30. The van der Waals surface area contributed by atoms with Crippen LogP contribution in [-0.4, -0.2) is 44.0 Å². The van der Waals surface area contributed by atoms with Gasteiger partial charge in [0.1, 0.15) is 0 Å². The summed E-state index contributed by atoms with van der Waals surface area (Å²) in [5, 5.41) is 4.38. The first-order chi connectivity index (χ1) is 14.6. The Morgan fingerprint density at radius 3 is 2.77 bits per heavy atom. The van der Waals surface area contributed by atoms with Crippen LogP contribution in [0.25, 0.3) is 28.0 Å². The fraction of sp³-hybridized carbons (Fsp3) is 0.273. The lowest BCUT2D eigenvalue weighted by molar-refractivity contribution is 0.0722. The number of hydrogen-bond donors (Lipinski definition) is 0. The molecule has 0 N–H and O–H groups in total. The summed E-state index contributed by atoms with van der Waals surface area (Å²) in [6.45, 7) is 4.95. The molecule has 4 rings (SSSR count). The molecule has 0 bridgehead atoms. The van der Waals surface area contributed by atoms with Gasteiger partial charge in [-0.2, -0.15) is 5.10 Å². The van der Waals surface area contributed by atoms with E-state index in [9.17, 15) is 4.79 Å². The van der Waals surface area contributed by atoms with Gasteiger partial charge in [-0.15, -0.1) is 0 Å². The van der Waals surface area contributed by atoms with E-state index >= 15 is 0 Å². The highest BCUT2D eigenvalue weighted by Gasteiger charge is 2.14. The van der Waals surface area contributed by atoms with Crippen LogP contribution in [0.1, 0.15) is 13.8 Å². The van der Waals surface area contributed by atoms with Crippen molar-refractivity contribution in [2.75, 3.05) is 13.7 Å². The lowest BCUT2D eigenvalue weighted by atomic mass is 10.1. The van der Waals surface area contributed by atoms with Gasteiger partial charge in [-0.3, -0.25) is 4.79 Å². The molecular weight excluding hydrogens is 382 g/mol. The Hall–Kier alpha value is -3.52. The van der Waals surface area contributed by atoms with Crippen LogP contribution in [0, 0.1) is 0 Å². The normalized spacial score (nSPS) is 11.3. The quantitative estimate of drug-likeness (QED) is 0.470. The van der Waals surface area contributed by atoms with E-state index in [2.05, 4.69) is 10.1 Å². The van der Waals surface area contributed by atoms with Gasteiger partial charge in [0, 0.05) is 42.3 Å². The van der Waals surface area contributed by atoms with Crippen molar-refractivity contribution in [1.29, 1.82) is 0 Å². The van der Waals surface area contributed by atoms with E-state index in [-0.39, 0.29) is 11.7 Å². The number of hydrogen-bond acceptors (Lipinski definition) is 6. The molecule has 4 aromatic rings. The molecule has 0 saturated carbocycles. The molecule has 0 fully saturated rings. The molecule has 4 aromatic heterocycles.